The summed E-state index contributed by atoms with van der Waals surface area (Å²) in [5, 5.41) is 10.5. The molecule has 0 aliphatic heterocycles. The van der Waals surface area contributed by atoms with Crippen LogP contribution in [0.5, 0.6) is 0 Å². The first kappa shape index (κ1) is 11.9. The van der Waals surface area contributed by atoms with Gasteiger partial charge in [0.25, 0.3) is 5.69 Å². The number of nitro benzene ring substituents is 1. The van der Waals surface area contributed by atoms with E-state index in [9.17, 15) is 10.1 Å². The molecule has 0 radical (unpaired) electrons. The number of thiocarbonyl (C=S) groups is 1. The Morgan fingerprint density at radius 1 is 1.38 bits per heavy atom. The molecule has 1 aromatic carbocycles. The summed E-state index contributed by atoms with van der Waals surface area (Å²) < 4.78 is 0. The Bertz CT molecular complexity index is 430. The zero-order valence-electron chi connectivity index (χ0n) is 8.27. The molecule has 0 atom stereocenters. The SMILES string of the molecule is C=C(NNC(N)=S)c1ccc([N+](=O)[O-])cc1. The van der Waals surface area contributed by atoms with E-state index in [0.717, 1.165) is 0 Å². The average Bonchev–Trinajstić information content (AvgIpc) is 2.26. The van der Waals surface area contributed by atoms with E-state index in [4.69, 9.17) is 5.73 Å². The van der Waals surface area contributed by atoms with Crippen molar-refractivity contribution in [3.8, 4) is 0 Å². The second kappa shape index (κ2) is 5.08. The summed E-state index contributed by atoms with van der Waals surface area (Å²) in [6.07, 6.45) is 0. The molecule has 1 rings (SSSR count). The van der Waals surface area contributed by atoms with Crippen LogP contribution in [-0.2, 0) is 0 Å². The van der Waals surface area contributed by atoms with Crippen molar-refractivity contribution >= 4 is 28.7 Å². The zero-order chi connectivity index (χ0) is 12.1. The zero-order valence-corrected chi connectivity index (χ0v) is 9.08. The van der Waals surface area contributed by atoms with E-state index < -0.39 is 4.92 Å². The van der Waals surface area contributed by atoms with Gasteiger partial charge in [0.05, 0.1) is 10.6 Å². The highest BCUT2D eigenvalue weighted by Gasteiger charge is 2.05. The van der Waals surface area contributed by atoms with E-state index in [-0.39, 0.29) is 10.8 Å². The van der Waals surface area contributed by atoms with Crippen molar-refractivity contribution < 1.29 is 4.92 Å². The van der Waals surface area contributed by atoms with Crippen molar-refractivity contribution in [3.05, 3.63) is 46.5 Å². The number of hydrogen-bond acceptors (Lipinski definition) is 4. The maximum Gasteiger partial charge on any atom is 0.269 e. The second-order valence-electron chi connectivity index (χ2n) is 2.90. The fourth-order valence-corrected chi connectivity index (χ4v) is 1.04. The number of hydrazine groups is 1. The van der Waals surface area contributed by atoms with E-state index in [0.29, 0.717) is 11.3 Å². The minimum atomic E-state index is -0.465. The molecule has 0 saturated heterocycles. The lowest BCUT2D eigenvalue weighted by molar-refractivity contribution is -0.384. The topological polar surface area (TPSA) is 93.2 Å². The Kier molecular flexibility index (Phi) is 3.78. The first-order valence-corrected chi connectivity index (χ1v) is 4.66. The number of benzene rings is 1. The number of rotatable bonds is 4. The normalized spacial score (nSPS) is 9.25. The van der Waals surface area contributed by atoms with Crippen molar-refractivity contribution in [1.82, 2.24) is 10.9 Å². The molecule has 7 heteroatoms. The fraction of sp³-hybridized carbons (Fsp3) is 0. The summed E-state index contributed by atoms with van der Waals surface area (Å²) in [5.41, 5.74) is 11.6. The van der Waals surface area contributed by atoms with Crippen molar-refractivity contribution in [2.45, 2.75) is 0 Å². The van der Waals surface area contributed by atoms with Gasteiger partial charge in [0, 0.05) is 12.1 Å². The molecule has 0 fully saturated rings. The number of nitrogens with one attached hydrogen (secondary N) is 2. The standard InChI is InChI=1S/C9H10N4O2S/c1-6(11-12-9(10)16)7-2-4-8(5-3-7)13(14)15/h2-5,11H,1H2,(H3,10,12,16). The lowest BCUT2D eigenvalue weighted by atomic mass is 10.1. The molecular weight excluding hydrogens is 228 g/mol. The number of nitrogens with zero attached hydrogens (tertiary/aromatic N) is 1. The number of hydrogen-bond donors (Lipinski definition) is 3. The molecule has 84 valence electrons. The summed E-state index contributed by atoms with van der Waals surface area (Å²) in [6.45, 7) is 3.71. The van der Waals surface area contributed by atoms with Gasteiger partial charge in [-0.15, -0.1) is 0 Å². The van der Waals surface area contributed by atoms with Gasteiger partial charge in [0.1, 0.15) is 0 Å². The number of non-ortho nitro benzene ring substituents is 1. The second-order valence-corrected chi connectivity index (χ2v) is 3.34. The highest BCUT2D eigenvalue weighted by Crippen LogP contribution is 2.15. The molecule has 0 spiro atoms. The van der Waals surface area contributed by atoms with Crippen molar-refractivity contribution in [3.63, 3.8) is 0 Å². The highest BCUT2D eigenvalue weighted by atomic mass is 32.1. The minimum Gasteiger partial charge on any atom is -0.375 e. The monoisotopic (exact) mass is 238 g/mol. The van der Waals surface area contributed by atoms with E-state index in [2.05, 4.69) is 29.6 Å². The summed E-state index contributed by atoms with van der Waals surface area (Å²) in [4.78, 5) is 9.95. The summed E-state index contributed by atoms with van der Waals surface area (Å²) in [5.74, 6) is 0. The Morgan fingerprint density at radius 2 is 1.94 bits per heavy atom. The van der Waals surface area contributed by atoms with Gasteiger partial charge in [-0.05, 0) is 29.9 Å². The quantitative estimate of drug-likeness (QED) is 0.410. The van der Waals surface area contributed by atoms with E-state index >= 15 is 0 Å². The molecular formula is C9H10N4O2S. The third-order valence-electron chi connectivity index (χ3n) is 1.76. The predicted octanol–water partition coefficient (Wildman–Crippen LogP) is 0.903. The van der Waals surface area contributed by atoms with Gasteiger partial charge in [0.15, 0.2) is 5.11 Å². The summed E-state index contributed by atoms with van der Waals surface area (Å²) >= 11 is 4.59. The van der Waals surface area contributed by atoms with Crippen LogP contribution in [0.3, 0.4) is 0 Å². The van der Waals surface area contributed by atoms with Crippen LogP contribution in [-0.4, -0.2) is 10.0 Å². The van der Waals surface area contributed by atoms with Crippen LogP contribution in [0.15, 0.2) is 30.8 Å². The van der Waals surface area contributed by atoms with Crippen molar-refractivity contribution in [2.24, 2.45) is 5.73 Å². The molecule has 0 saturated carbocycles. The Hall–Kier alpha value is -2.15. The van der Waals surface area contributed by atoms with Gasteiger partial charge < -0.3 is 5.73 Å². The van der Waals surface area contributed by atoms with Gasteiger partial charge in [0.2, 0.25) is 0 Å². The summed E-state index contributed by atoms with van der Waals surface area (Å²) in [6, 6.07) is 5.94. The predicted molar refractivity (Wildman–Crippen MR) is 65.2 cm³/mol. The number of nitro groups is 1. The third-order valence-corrected chi connectivity index (χ3v) is 1.87. The van der Waals surface area contributed by atoms with Crippen LogP contribution in [0, 0.1) is 10.1 Å². The first-order valence-electron chi connectivity index (χ1n) is 4.26. The van der Waals surface area contributed by atoms with E-state index in [1.807, 2.05) is 0 Å². The maximum atomic E-state index is 10.4. The minimum absolute atomic E-state index is 0.0267. The van der Waals surface area contributed by atoms with Crippen LogP contribution >= 0.6 is 12.2 Å². The molecule has 4 N–H and O–H groups in total. The lowest BCUT2D eigenvalue weighted by Crippen LogP contribution is -2.39. The molecule has 16 heavy (non-hydrogen) atoms. The van der Waals surface area contributed by atoms with Gasteiger partial charge in [-0.25, -0.2) is 0 Å². The van der Waals surface area contributed by atoms with E-state index in [1.54, 1.807) is 12.1 Å². The number of nitrogens with two attached hydrogens (primary N) is 1. The molecule has 0 aliphatic rings. The van der Waals surface area contributed by atoms with Crippen LogP contribution in [0.2, 0.25) is 0 Å². The first-order chi connectivity index (χ1) is 7.50. The Balaban J connectivity index is 2.70. The third kappa shape index (κ3) is 3.21. The van der Waals surface area contributed by atoms with Crippen molar-refractivity contribution in [2.75, 3.05) is 0 Å². The molecule has 0 unspecified atom stereocenters. The van der Waals surface area contributed by atoms with Crippen LogP contribution in [0.25, 0.3) is 5.70 Å². The largest absolute Gasteiger partial charge is 0.375 e. The smallest absolute Gasteiger partial charge is 0.269 e. The maximum absolute atomic E-state index is 10.4. The van der Waals surface area contributed by atoms with Crippen molar-refractivity contribution in [1.29, 1.82) is 0 Å². The van der Waals surface area contributed by atoms with Gasteiger partial charge in [-0.2, -0.15) is 0 Å². The molecule has 0 bridgehead atoms. The molecule has 0 amide bonds. The molecule has 0 heterocycles. The fourth-order valence-electron chi connectivity index (χ4n) is 0.994. The molecule has 6 nitrogen and oxygen atoms in total. The van der Waals surface area contributed by atoms with Crippen LogP contribution in [0.1, 0.15) is 5.56 Å². The highest BCUT2D eigenvalue weighted by molar-refractivity contribution is 7.80. The summed E-state index contributed by atoms with van der Waals surface area (Å²) in [7, 11) is 0. The van der Waals surface area contributed by atoms with Gasteiger partial charge >= 0.3 is 0 Å². The average molecular weight is 238 g/mol. The Labute approximate surface area is 97.3 Å². The van der Waals surface area contributed by atoms with E-state index in [1.165, 1.54) is 12.1 Å². The Morgan fingerprint density at radius 3 is 2.38 bits per heavy atom. The van der Waals surface area contributed by atoms with Gasteiger partial charge in [-0.1, -0.05) is 6.58 Å². The van der Waals surface area contributed by atoms with Crippen LogP contribution < -0.4 is 16.6 Å². The molecule has 0 aromatic heterocycles. The van der Waals surface area contributed by atoms with Gasteiger partial charge in [-0.3, -0.25) is 21.0 Å². The lowest BCUT2D eigenvalue weighted by Gasteiger charge is -2.10. The van der Waals surface area contributed by atoms with Crippen LogP contribution in [0.4, 0.5) is 5.69 Å². The molecule has 1 aromatic rings. The molecule has 0 aliphatic carbocycles.